The van der Waals surface area contributed by atoms with Gasteiger partial charge in [-0.25, -0.2) is 4.79 Å². The Bertz CT molecular complexity index is 798. The molecular weight excluding hydrogens is 323 g/mol. The summed E-state index contributed by atoms with van der Waals surface area (Å²) in [5.41, 5.74) is -0.769. The first-order chi connectivity index (χ1) is 11.3. The molecule has 1 amide bonds. The van der Waals surface area contributed by atoms with Gasteiger partial charge < -0.3 is 10.4 Å². The minimum atomic E-state index is -4.52. The molecule has 0 spiro atoms. The Morgan fingerprint density at radius 2 is 1.75 bits per heavy atom. The van der Waals surface area contributed by atoms with Gasteiger partial charge in [-0.15, -0.1) is 0 Å². The van der Waals surface area contributed by atoms with Gasteiger partial charge in [0.15, 0.2) is 0 Å². The van der Waals surface area contributed by atoms with Crippen LogP contribution >= 0.6 is 0 Å². The van der Waals surface area contributed by atoms with E-state index < -0.39 is 23.6 Å². The number of rotatable bonds is 4. The van der Waals surface area contributed by atoms with Gasteiger partial charge in [0.2, 0.25) is 5.91 Å². The van der Waals surface area contributed by atoms with Crippen molar-refractivity contribution in [2.75, 3.05) is 5.32 Å². The zero-order chi connectivity index (χ0) is 17.7. The fourth-order valence-electron chi connectivity index (χ4n) is 1.98. The van der Waals surface area contributed by atoms with Crippen LogP contribution in [0.2, 0.25) is 0 Å². The number of carboxylic acids is 1. The first-order valence-corrected chi connectivity index (χ1v) is 6.76. The molecule has 0 unspecified atom stereocenters. The highest BCUT2D eigenvalue weighted by Crippen LogP contribution is 2.32. The Balaban J connectivity index is 2.15. The standard InChI is InChI=1S/C17H12F3NO3/c18-17(19,20)14-7-2-1-4-11(14)8-9-15(22)21-13-6-3-5-12(10-13)16(23)24/h1-10H,(H,21,22)(H,23,24)/b9-8+. The number of carbonyl (C=O) groups excluding carboxylic acids is 1. The maximum atomic E-state index is 12.8. The Morgan fingerprint density at radius 1 is 1.04 bits per heavy atom. The van der Waals surface area contributed by atoms with E-state index in [1.54, 1.807) is 0 Å². The van der Waals surface area contributed by atoms with E-state index in [0.717, 1.165) is 18.2 Å². The number of anilines is 1. The van der Waals surface area contributed by atoms with Gasteiger partial charge in [-0.05, 0) is 35.9 Å². The van der Waals surface area contributed by atoms with Crippen molar-refractivity contribution < 1.29 is 27.9 Å². The molecule has 0 fully saturated rings. The van der Waals surface area contributed by atoms with Crippen LogP contribution in [0.4, 0.5) is 18.9 Å². The minimum absolute atomic E-state index is 0.0146. The second kappa shape index (κ2) is 6.99. The molecule has 0 aromatic heterocycles. The summed E-state index contributed by atoms with van der Waals surface area (Å²) < 4.78 is 38.5. The number of nitrogens with one attached hydrogen (secondary N) is 1. The zero-order valence-corrected chi connectivity index (χ0v) is 12.2. The molecule has 0 atom stereocenters. The van der Waals surface area contributed by atoms with Crippen molar-refractivity contribution in [3.8, 4) is 0 Å². The Labute approximate surface area is 135 Å². The van der Waals surface area contributed by atoms with Gasteiger partial charge >= 0.3 is 12.1 Å². The summed E-state index contributed by atoms with van der Waals surface area (Å²) in [5.74, 6) is -1.82. The second-order valence-electron chi connectivity index (χ2n) is 4.79. The third kappa shape index (κ3) is 4.45. The molecule has 0 bridgehead atoms. The molecule has 0 saturated heterocycles. The summed E-state index contributed by atoms with van der Waals surface area (Å²) in [6, 6.07) is 10.4. The number of alkyl halides is 3. The normalized spacial score (nSPS) is 11.5. The maximum absolute atomic E-state index is 12.8. The van der Waals surface area contributed by atoms with Crippen LogP contribution in [-0.2, 0) is 11.0 Å². The number of carbonyl (C=O) groups is 2. The van der Waals surface area contributed by atoms with Crippen molar-refractivity contribution in [2.45, 2.75) is 6.18 Å². The number of amides is 1. The number of hydrogen-bond donors (Lipinski definition) is 2. The molecule has 2 aromatic rings. The Morgan fingerprint density at radius 3 is 2.42 bits per heavy atom. The van der Waals surface area contributed by atoms with Crippen LogP contribution < -0.4 is 5.32 Å². The van der Waals surface area contributed by atoms with Crippen molar-refractivity contribution in [1.82, 2.24) is 0 Å². The summed E-state index contributed by atoms with van der Waals surface area (Å²) in [7, 11) is 0. The average Bonchev–Trinajstić information content (AvgIpc) is 2.52. The van der Waals surface area contributed by atoms with Crippen molar-refractivity contribution in [2.24, 2.45) is 0 Å². The van der Waals surface area contributed by atoms with Gasteiger partial charge in [-0.1, -0.05) is 24.3 Å². The molecule has 2 N–H and O–H groups in total. The van der Waals surface area contributed by atoms with Crippen molar-refractivity contribution in [3.05, 3.63) is 71.3 Å². The highest BCUT2D eigenvalue weighted by atomic mass is 19.4. The lowest BCUT2D eigenvalue weighted by molar-refractivity contribution is -0.137. The molecule has 2 aromatic carbocycles. The topological polar surface area (TPSA) is 66.4 Å². The molecule has 0 radical (unpaired) electrons. The number of benzene rings is 2. The van der Waals surface area contributed by atoms with Gasteiger partial charge in [-0.2, -0.15) is 13.2 Å². The third-order valence-corrected chi connectivity index (χ3v) is 3.06. The first-order valence-electron chi connectivity index (χ1n) is 6.76. The Hall–Kier alpha value is -3.09. The van der Waals surface area contributed by atoms with Gasteiger partial charge in [0.05, 0.1) is 11.1 Å². The van der Waals surface area contributed by atoms with Crippen LogP contribution in [0.15, 0.2) is 54.6 Å². The van der Waals surface area contributed by atoms with E-state index in [1.165, 1.54) is 42.5 Å². The zero-order valence-electron chi connectivity index (χ0n) is 12.2. The van der Waals surface area contributed by atoms with E-state index in [0.29, 0.717) is 0 Å². The number of carboxylic acid groups (broad SMARTS) is 1. The van der Waals surface area contributed by atoms with Crippen molar-refractivity contribution in [1.29, 1.82) is 0 Å². The van der Waals surface area contributed by atoms with Crippen LogP contribution in [0.1, 0.15) is 21.5 Å². The molecule has 124 valence electrons. The highest BCUT2D eigenvalue weighted by molar-refractivity contribution is 6.02. The molecule has 24 heavy (non-hydrogen) atoms. The van der Waals surface area contributed by atoms with E-state index in [-0.39, 0.29) is 16.8 Å². The molecule has 0 heterocycles. The molecular formula is C17H12F3NO3. The van der Waals surface area contributed by atoms with Crippen molar-refractivity contribution >= 4 is 23.6 Å². The van der Waals surface area contributed by atoms with E-state index in [4.69, 9.17) is 5.11 Å². The summed E-state index contributed by atoms with van der Waals surface area (Å²) in [5, 5.41) is 11.3. The highest BCUT2D eigenvalue weighted by Gasteiger charge is 2.32. The summed E-state index contributed by atoms with van der Waals surface area (Å²) in [6.07, 6.45) is -2.51. The summed E-state index contributed by atoms with van der Waals surface area (Å²) in [6.45, 7) is 0. The summed E-state index contributed by atoms with van der Waals surface area (Å²) in [4.78, 5) is 22.6. The molecule has 2 rings (SSSR count). The number of hydrogen-bond acceptors (Lipinski definition) is 2. The lowest BCUT2D eigenvalue weighted by Gasteiger charge is -2.09. The van der Waals surface area contributed by atoms with E-state index in [2.05, 4.69) is 5.32 Å². The van der Waals surface area contributed by atoms with Crippen LogP contribution in [0.25, 0.3) is 6.08 Å². The molecule has 4 nitrogen and oxygen atoms in total. The molecule has 0 aliphatic rings. The van der Waals surface area contributed by atoms with Crippen LogP contribution in [0.3, 0.4) is 0 Å². The largest absolute Gasteiger partial charge is 0.478 e. The fraction of sp³-hybridized carbons (Fsp3) is 0.0588. The maximum Gasteiger partial charge on any atom is 0.416 e. The van der Waals surface area contributed by atoms with Gasteiger partial charge in [0.1, 0.15) is 0 Å². The monoisotopic (exact) mass is 335 g/mol. The fourth-order valence-corrected chi connectivity index (χ4v) is 1.98. The smallest absolute Gasteiger partial charge is 0.416 e. The second-order valence-corrected chi connectivity index (χ2v) is 4.79. The predicted molar refractivity (Wildman–Crippen MR) is 82.5 cm³/mol. The van der Waals surface area contributed by atoms with Gasteiger partial charge in [-0.3, -0.25) is 4.79 Å². The van der Waals surface area contributed by atoms with Crippen LogP contribution in [0, 0.1) is 0 Å². The first kappa shape index (κ1) is 17.3. The molecule has 0 aliphatic carbocycles. The lowest BCUT2D eigenvalue weighted by atomic mass is 10.1. The van der Waals surface area contributed by atoms with Crippen LogP contribution in [0.5, 0.6) is 0 Å². The van der Waals surface area contributed by atoms with Gasteiger partial charge in [0, 0.05) is 11.8 Å². The third-order valence-electron chi connectivity index (χ3n) is 3.06. The molecule has 0 saturated carbocycles. The van der Waals surface area contributed by atoms with Gasteiger partial charge in [0.25, 0.3) is 0 Å². The number of aromatic carboxylic acids is 1. The molecule has 0 aliphatic heterocycles. The Kier molecular flexibility index (Phi) is 5.03. The van der Waals surface area contributed by atoms with Crippen LogP contribution in [-0.4, -0.2) is 17.0 Å². The number of halogens is 3. The lowest BCUT2D eigenvalue weighted by Crippen LogP contribution is -2.10. The SMILES string of the molecule is O=C(/C=C/c1ccccc1C(F)(F)F)Nc1cccc(C(=O)O)c1. The molecule has 7 heteroatoms. The van der Waals surface area contributed by atoms with Crippen molar-refractivity contribution in [3.63, 3.8) is 0 Å². The predicted octanol–water partition coefficient (Wildman–Crippen LogP) is 4.06. The minimum Gasteiger partial charge on any atom is -0.478 e. The summed E-state index contributed by atoms with van der Waals surface area (Å²) >= 11 is 0. The average molecular weight is 335 g/mol. The quantitative estimate of drug-likeness (QED) is 0.828. The van der Waals surface area contributed by atoms with E-state index in [1.807, 2.05) is 0 Å². The van der Waals surface area contributed by atoms with E-state index in [9.17, 15) is 22.8 Å². The van der Waals surface area contributed by atoms with E-state index >= 15 is 0 Å².